The predicted molar refractivity (Wildman–Crippen MR) is 53.2 cm³/mol. The zero-order valence-electron chi connectivity index (χ0n) is 8.57. The van der Waals surface area contributed by atoms with Crippen molar-refractivity contribution in [3.8, 4) is 0 Å². The number of aromatic nitrogens is 2. The molecule has 0 aromatic carbocycles. The lowest BCUT2D eigenvalue weighted by Crippen LogP contribution is -2.38. The average Bonchev–Trinajstić information content (AvgIpc) is 2.17. The van der Waals surface area contributed by atoms with E-state index in [1.54, 1.807) is 0 Å². The smallest absolute Gasteiger partial charge is 0.328 e. The fraction of sp³-hybridized carbons (Fsp3) is 0.444. The number of nitrogens with zero attached hydrogens (tertiary/aromatic N) is 1. The molecule has 82 valence electrons. The summed E-state index contributed by atoms with van der Waals surface area (Å²) in [5, 5.41) is 0. The topological polar surface area (TPSA) is 81.2 Å². The van der Waals surface area contributed by atoms with Crippen molar-refractivity contribution in [3.05, 3.63) is 32.6 Å². The van der Waals surface area contributed by atoms with Crippen LogP contribution in [0.15, 0.2) is 15.8 Å². The third-order valence-electron chi connectivity index (χ3n) is 1.96. The molecule has 1 aromatic heterocycles. The molecular weight excluding hydrogens is 200 g/mol. The molecule has 1 N–H and O–H groups in total. The van der Waals surface area contributed by atoms with Gasteiger partial charge < -0.3 is 9.72 Å². The van der Waals surface area contributed by atoms with Crippen LogP contribution in [0.2, 0.25) is 0 Å². The van der Waals surface area contributed by atoms with Crippen LogP contribution < -0.4 is 11.2 Å². The van der Waals surface area contributed by atoms with Gasteiger partial charge in [0.1, 0.15) is 0 Å². The van der Waals surface area contributed by atoms with E-state index in [0.717, 1.165) is 10.8 Å². The highest BCUT2D eigenvalue weighted by molar-refractivity contribution is 5.93. The van der Waals surface area contributed by atoms with Crippen molar-refractivity contribution in [2.24, 2.45) is 0 Å². The molecule has 0 aliphatic rings. The molecule has 1 rings (SSSR count). The largest absolute Gasteiger partial charge is 0.383 e. The van der Waals surface area contributed by atoms with Gasteiger partial charge in [0.05, 0.1) is 18.7 Å². The van der Waals surface area contributed by atoms with Crippen molar-refractivity contribution in [2.45, 2.75) is 13.5 Å². The number of ketones is 1. The van der Waals surface area contributed by atoms with E-state index in [4.69, 9.17) is 4.74 Å². The number of methoxy groups -OCH3 is 1. The quantitative estimate of drug-likeness (QED) is 0.675. The summed E-state index contributed by atoms with van der Waals surface area (Å²) >= 11 is 0. The van der Waals surface area contributed by atoms with Crippen LogP contribution in [0.3, 0.4) is 0 Å². The van der Waals surface area contributed by atoms with Crippen LogP contribution in [-0.2, 0) is 11.3 Å². The number of carbonyl (C=O) groups excluding carboxylic acids is 1. The second-order valence-electron chi connectivity index (χ2n) is 3.01. The normalized spacial score (nSPS) is 10.3. The Labute approximate surface area is 85.5 Å². The molecule has 0 saturated heterocycles. The molecule has 0 aliphatic heterocycles. The van der Waals surface area contributed by atoms with Crippen molar-refractivity contribution in [1.29, 1.82) is 0 Å². The lowest BCUT2D eigenvalue weighted by Gasteiger charge is -2.04. The van der Waals surface area contributed by atoms with Gasteiger partial charge >= 0.3 is 5.69 Å². The van der Waals surface area contributed by atoms with Crippen molar-refractivity contribution < 1.29 is 9.53 Å². The van der Waals surface area contributed by atoms with E-state index in [-0.39, 0.29) is 24.5 Å². The molecule has 0 fully saturated rings. The highest BCUT2D eigenvalue weighted by Gasteiger charge is 2.10. The van der Waals surface area contributed by atoms with E-state index < -0.39 is 11.2 Å². The number of H-pyrrole nitrogens is 1. The SMILES string of the molecule is COCCn1c(=O)[nH]cc(C(C)=O)c1=O. The Morgan fingerprint density at radius 3 is 2.73 bits per heavy atom. The third-order valence-corrected chi connectivity index (χ3v) is 1.96. The molecule has 15 heavy (non-hydrogen) atoms. The molecule has 0 spiro atoms. The summed E-state index contributed by atoms with van der Waals surface area (Å²) in [6.07, 6.45) is 1.14. The first-order valence-electron chi connectivity index (χ1n) is 4.40. The number of hydrogen-bond donors (Lipinski definition) is 1. The van der Waals surface area contributed by atoms with Crippen LogP contribution in [0, 0.1) is 0 Å². The van der Waals surface area contributed by atoms with Gasteiger partial charge in [-0.2, -0.15) is 0 Å². The summed E-state index contributed by atoms with van der Waals surface area (Å²) in [5.74, 6) is -0.373. The molecule has 0 atom stereocenters. The van der Waals surface area contributed by atoms with Crippen molar-refractivity contribution in [1.82, 2.24) is 9.55 Å². The number of ether oxygens (including phenoxy) is 1. The van der Waals surface area contributed by atoms with Crippen LogP contribution in [0.4, 0.5) is 0 Å². The summed E-state index contributed by atoms with van der Waals surface area (Å²) in [5.41, 5.74) is -1.14. The average molecular weight is 212 g/mol. The summed E-state index contributed by atoms with van der Waals surface area (Å²) in [6.45, 7) is 1.64. The zero-order valence-corrected chi connectivity index (χ0v) is 8.57. The van der Waals surface area contributed by atoms with Crippen molar-refractivity contribution in [3.63, 3.8) is 0 Å². The first-order valence-corrected chi connectivity index (χ1v) is 4.40. The fourth-order valence-corrected chi connectivity index (χ4v) is 1.15. The van der Waals surface area contributed by atoms with Crippen LogP contribution in [0.1, 0.15) is 17.3 Å². The Balaban J connectivity index is 3.25. The number of carbonyl (C=O) groups is 1. The van der Waals surface area contributed by atoms with E-state index in [2.05, 4.69) is 4.98 Å². The van der Waals surface area contributed by atoms with Crippen LogP contribution in [-0.4, -0.2) is 29.1 Å². The zero-order chi connectivity index (χ0) is 11.4. The molecule has 0 saturated carbocycles. The Kier molecular flexibility index (Phi) is 3.56. The van der Waals surface area contributed by atoms with Crippen LogP contribution in [0.25, 0.3) is 0 Å². The maximum atomic E-state index is 11.6. The minimum absolute atomic E-state index is 0.0225. The first-order chi connectivity index (χ1) is 7.07. The number of hydrogen-bond acceptors (Lipinski definition) is 4. The number of rotatable bonds is 4. The van der Waals surface area contributed by atoms with Gasteiger partial charge in [0.2, 0.25) is 0 Å². The summed E-state index contributed by atoms with van der Waals surface area (Å²) in [4.78, 5) is 36.2. The molecular formula is C9H12N2O4. The molecule has 0 unspecified atom stereocenters. The minimum Gasteiger partial charge on any atom is -0.383 e. The standard InChI is InChI=1S/C9H12N2O4/c1-6(12)7-5-10-9(14)11(8(7)13)3-4-15-2/h5H,3-4H2,1-2H3,(H,10,14). The second-order valence-corrected chi connectivity index (χ2v) is 3.01. The molecule has 1 heterocycles. The summed E-state index contributed by atoms with van der Waals surface area (Å²) < 4.78 is 5.70. The lowest BCUT2D eigenvalue weighted by atomic mass is 10.2. The molecule has 0 amide bonds. The third kappa shape index (κ3) is 2.41. The van der Waals surface area contributed by atoms with Crippen LogP contribution in [0.5, 0.6) is 0 Å². The monoisotopic (exact) mass is 212 g/mol. The van der Waals surface area contributed by atoms with Gasteiger partial charge in [-0.1, -0.05) is 0 Å². The Morgan fingerprint density at radius 1 is 1.53 bits per heavy atom. The molecule has 6 heteroatoms. The molecule has 6 nitrogen and oxygen atoms in total. The molecule has 1 aromatic rings. The van der Waals surface area contributed by atoms with Crippen LogP contribution >= 0.6 is 0 Å². The lowest BCUT2D eigenvalue weighted by molar-refractivity contribution is 0.101. The molecule has 0 aliphatic carbocycles. The highest BCUT2D eigenvalue weighted by atomic mass is 16.5. The first kappa shape index (κ1) is 11.4. The van der Waals surface area contributed by atoms with Crippen molar-refractivity contribution in [2.75, 3.05) is 13.7 Å². The van der Waals surface area contributed by atoms with Gasteiger partial charge in [0, 0.05) is 13.3 Å². The number of Topliss-reactive ketones (excluding diaryl/α,β-unsaturated/α-hetero) is 1. The van der Waals surface area contributed by atoms with E-state index >= 15 is 0 Å². The Bertz CT molecular complexity index is 472. The Hall–Kier alpha value is -1.69. The van der Waals surface area contributed by atoms with Crippen molar-refractivity contribution >= 4 is 5.78 Å². The maximum Gasteiger partial charge on any atom is 0.328 e. The van der Waals surface area contributed by atoms with Gasteiger partial charge in [0.25, 0.3) is 5.56 Å². The predicted octanol–water partition coefficient (Wildman–Crippen LogP) is -0.614. The minimum atomic E-state index is -0.580. The van der Waals surface area contributed by atoms with E-state index in [1.807, 2.05) is 0 Å². The Morgan fingerprint density at radius 2 is 2.20 bits per heavy atom. The fourth-order valence-electron chi connectivity index (χ4n) is 1.15. The van der Waals surface area contributed by atoms with E-state index in [1.165, 1.54) is 14.0 Å². The number of aromatic amines is 1. The van der Waals surface area contributed by atoms with E-state index in [9.17, 15) is 14.4 Å². The molecule has 0 bridgehead atoms. The van der Waals surface area contributed by atoms with Gasteiger partial charge in [-0.25, -0.2) is 4.79 Å². The van der Waals surface area contributed by atoms with Gasteiger partial charge in [-0.3, -0.25) is 14.2 Å². The van der Waals surface area contributed by atoms with Gasteiger partial charge in [-0.05, 0) is 6.92 Å². The summed E-state index contributed by atoms with van der Waals surface area (Å²) in [7, 11) is 1.47. The number of nitrogens with one attached hydrogen (secondary N) is 1. The second kappa shape index (κ2) is 4.70. The molecule has 0 radical (unpaired) electrons. The van der Waals surface area contributed by atoms with Gasteiger partial charge in [0.15, 0.2) is 5.78 Å². The summed E-state index contributed by atoms with van der Waals surface area (Å²) in [6, 6.07) is 0. The van der Waals surface area contributed by atoms with E-state index in [0.29, 0.717) is 0 Å². The highest BCUT2D eigenvalue weighted by Crippen LogP contribution is 1.87. The van der Waals surface area contributed by atoms with Gasteiger partial charge in [-0.15, -0.1) is 0 Å². The maximum absolute atomic E-state index is 11.6.